The van der Waals surface area contributed by atoms with Crippen molar-refractivity contribution in [2.24, 2.45) is 0 Å². The second-order valence-electron chi connectivity index (χ2n) is 5.39. The largest absolute Gasteiger partial charge is 0.469 e. The standard InChI is InChI=1S/C17H16ClN3O3S/c1-10(12-3-5-13(18)6-4-12)19-15(22)9-25-17-21-20-16(24-17)14-7-8-23-11(14)2/h3-8,10H,9H2,1-2H3,(H,19,22)/t10-/m0/s1. The van der Waals surface area contributed by atoms with Crippen molar-refractivity contribution < 1.29 is 13.6 Å². The number of carbonyl (C=O) groups is 1. The molecule has 0 spiro atoms. The highest BCUT2D eigenvalue weighted by Crippen LogP contribution is 2.26. The summed E-state index contributed by atoms with van der Waals surface area (Å²) < 4.78 is 10.8. The van der Waals surface area contributed by atoms with E-state index in [1.807, 2.05) is 26.0 Å². The maximum atomic E-state index is 12.1. The molecule has 1 atom stereocenters. The van der Waals surface area contributed by atoms with Crippen LogP contribution in [0, 0.1) is 6.92 Å². The van der Waals surface area contributed by atoms with E-state index in [2.05, 4.69) is 15.5 Å². The van der Waals surface area contributed by atoms with Crippen molar-refractivity contribution in [1.29, 1.82) is 0 Å². The quantitative estimate of drug-likeness (QED) is 0.646. The van der Waals surface area contributed by atoms with Crippen LogP contribution in [0.3, 0.4) is 0 Å². The summed E-state index contributed by atoms with van der Waals surface area (Å²) in [4.78, 5) is 12.1. The number of thioether (sulfide) groups is 1. The number of nitrogens with zero attached hydrogens (tertiary/aromatic N) is 2. The van der Waals surface area contributed by atoms with Gasteiger partial charge in [0, 0.05) is 5.02 Å². The van der Waals surface area contributed by atoms with Crippen molar-refractivity contribution in [2.75, 3.05) is 5.75 Å². The summed E-state index contributed by atoms with van der Waals surface area (Å²) in [7, 11) is 0. The van der Waals surface area contributed by atoms with Crippen LogP contribution in [0.4, 0.5) is 0 Å². The number of hydrogen-bond acceptors (Lipinski definition) is 6. The summed E-state index contributed by atoms with van der Waals surface area (Å²) in [6.45, 7) is 3.73. The molecule has 1 amide bonds. The van der Waals surface area contributed by atoms with Crippen molar-refractivity contribution in [2.45, 2.75) is 25.1 Å². The second-order valence-corrected chi connectivity index (χ2v) is 6.76. The summed E-state index contributed by atoms with van der Waals surface area (Å²) >= 11 is 7.06. The summed E-state index contributed by atoms with van der Waals surface area (Å²) in [5.41, 5.74) is 1.73. The fraction of sp³-hybridized carbons (Fsp3) is 0.235. The Hall–Kier alpha value is -2.25. The van der Waals surface area contributed by atoms with Crippen molar-refractivity contribution in [3.8, 4) is 11.5 Å². The highest BCUT2D eigenvalue weighted by atomic mass is 35.5. The van der Waals surface area contributed by atoms with Crippen LogP contribution in [0.1, 0.15) is 24.3 Å². The SMILES string of the molecule is Cc1occc1-c1nnc(SCC(=O)N[C@@H](C)c2ccc(Cl)cc2)o1. The maximum absolute atomic E-state index is 12.1. The molecule has 2 aromatic heterocycles. The van der Waals surface area contributed by atoms with E-state index in [1.54, 1.807) is 24.5 Å². The molecule has 0 aliphatic rings. The van der Waals surface area contributed by atoms with Crippen molar-refractivity contribution >= 4 is 29.3 Å². The molecule has 1 aromatic carbocycles. The molecule has 1 N–H and O–H groups in total. The highest BCUT2D eigenvalue weighted by molar-refractivity contribution is 7.99. The number of amides is 1. The normalized spacial score (nSPS) is 12.1. The number of benzene rings is 1. The number of rotatable bonds is 6. The molecule has 0 radical (unpaired) electrons. The third-order valence-corrected chi connectivity index (χ3v) is 4.64. The molecule has 2 heterocycles. The number of aromatic nitrogens is 2. The summed E-state index contributed by atoms with van der Waals surface area (Å²) in [5, 5.41) is 11.8. The van der Waals surface area contributed by atoms with Crippen LogP contribution in [0.2, 0.25) is 5.02 Å². The molecule has 0 unspecified atom stereocenters. The molecule has 6 nitrogen and oxygen atoms in total. The Morgan fingerprint density at radius 2 is 2.04 bits per heavy atom. The van der Waals surface area contributed by atoms with Crippen LogP contribution in [-0.4, -0.2) is 21.9 Å². The first-order valence-corrected chi connectivity index (χ1v) is 8.95. The van der Waals surface area contributed by atoms with Gasteiger partial charge in [-0.25, -0.2) is 0 Å². The van der Waals surface area contributed by atoms with Gasteiger partial charge in [0.15, 0.2) is 0 Å². The minimum absolute atomic E-state index is 0.114. The molecule has 3 aromatic rings. The van der Waals surface area contributed by atoms with Gasteiger partial charge in [-0.1, -0.05) is 35.5 Å². The summed E-state index contributed by atoms with van der Waals surface area (Å²) in [6.07, 6.45) is 1.56. The zero-order valence-corrected chi connectivity index (χ0v) is 15.2. The van der Waals surface area contributed by atoms with E-state index in [-0.39, 0.29) is 17.7 Å². The minimum Gasteiger partial charge on any atom is -0.469 e. The molecule has 8 heteroatoms. The van der Waals surface area contributed by atoms with E-state index in [4.69, 9.17) is 20.4 Å². The molecular formula is C17H16ClN3O3S. The molecule has 0 saturated heterocycles. The Kier molecular flexibility index (Phi) is 5.45. The number of hydrogen-bond donors (Lipinski definition) is 1. The Bertz CT molecular complexity index is 860. The second kappa shape index (κ2) is 7.76. The van der Waals surface area contributed by atoms with Gasteiger partial charge in [-0.15, -0.1) is 10.2 Å². The van der Waals surface area contributed by atoms with Gasteiger partial charge in [0.2, 0.25) is 5.91 Å². The molecule has 0 saturated carbocycles. The van der Waals surface area contributed by atoms with Gasteiger partial charge in [0.25, 0.3) is 11.1 Å². The first kappa shape index (κ1) is 17.6. The fourth-order valence-corrected chi connectivity index (χ4v) is 2.93. The van der Waals surface area contributed by atoms with Crippen LogP contribution in [0.25, 0.3) is 11.5 Å². The van der Waals surface area contributed by atoms with Gasteiger partial charge in [0.1, 0.15) is 5.76 Å². The lowest BCUT2D eigenvalue weighted by molar-refractivity contribution is -0.119. The lowest BCUT2D eigenvalue weighted by Gasteiger charge is -2.13. The maximum Gasteiger partial charge on any atom is 0.277 e. The third-order valence-electron chi connectivity index (χ3n) is 3.57. The van der Waals surface area contributed by atoms with Gasteiger partial charge < -0.3 is 14.2 Å². The Labute approximate surface area is 154 Å². The van der Waals surface area contributed by atoms with Gasteiger partial charge in [-0.05, 0) is 37.6 Å². The van der Waals surface area contributed by atoms with Crippen LogP contribution >= 0.6 is 23.4 Å². The van der Waals surface area contributed by atoms with E-state index >= 15 is 0 Å². The van der Waals surface area contributed by atoms with Crippen LogP contribution < -0.4 is 5.32 Å². The Balaban J connectivity index is 1.53. The summed E-state index contributed by atoms with van der Waals surface area (Å²) in [5.74, 6) is 1.15. The molecule has 25 heavy (non-hydrogen) atoms. The zero-order chi connectivity index (χ0) is 17.8. The van der Waals surface area contributed by atoms with Gasteiger partial charge >= 0.3 is 0 Å². The van der Waals surface area contributed by atoms with E-state index < -0.39 is 0 Å². The van der Waals surface area contributed by atoms with Crippen molar-refractivity contribution in [3.63, 3.8) is 0 Å². The van der Waals surface area contributed by atoms with Crippen molar-refractivity contribution in [3.05, 3.63) is 52.9 Å². The first-order chi connectivity index (χ1) is 12.0. The van der Waals surface area contributed by atoms with E-state index in [0.717, 1.165) is 11.1 Å². The Morgan fingerprint density at radius 1 is 1.28 bits per heavy atom. The average Bonchev–Trinajstić information content (AvgIpc) is 3.22. The molecular weight excluding hydrogens is 362 g/mol. The number of carbonyl (C=O) groups excluding carboxylic acids is 1. The first-order valence-electron chi connectivity index (χ1n) is 7.58. The van der Waals surface area contributed by atoms with E-state index in [9.17, 15) is 4.79 Å². The predicted molar refractivity (Wildman–Crippen MR) is 95.5 cm³/mol. The van der Waals surface area contributed by atoms with E-state index in [0.29, 0.717) is 21.9 Å². The van der Waals surface area contributed by atoms with Crippen molar-refractivity contribution in [1.82, 2.24) is 15.5 Å². The molecule has 0 bridgehead atoms. The van der Waals surface area contributed by atoms with Crippen LogP contribution in [0.15, 0.2) is 50.7 Å². The molecule has 130 valence electrons. The fourth-order valence-electron chi connectivity index (χ4n) is 2.23. The molecule has 0 aliphatic carbocycles. The number of furan rings is 1. The number of nitrogens with one attached hydrogen (secondary N) is 1. The predicted octanol–water partition coefficient (Wildman–Crippen LogP) is 4.26. The number of halogens is 1. The molecule has 0 aliphatic heterocycles. The topological polar surface area (TPSA) is 81.2 Å². The third kappa shape index (κ3) is 4.43. The Morgan fingerprint density at radius 3 is 2.72 bits per heavy atom. The smallest absolute Gasteiger partial charge is 0.277 e. The lowest BCUT2D eigenvalue weighted by Crippen LogP contribution is -2.28. The van der Waals surface area contributed by atoms with Crippen LogP contribution in [-0.2, 0) is 4.79 Å². The zero-order valence-electron chi connectivity index (χ0n) is 13.7. The van der Waals surface area contributed by atoms with Gasteiger partial charge in [-0.2, -0.15) is 0 Å². The molecule has 3 rings (SSSR count). The number of aryl methyl sites for hydroxylation is 1. The van der Waals surface area contributed by atoms with Gasteiger partial charge in [-0.3, -0.25) is 4.79 Å². The average molecular weight is 378 g/mol. The van der Waals surface area contributed by atoms with Gasteiger partial charge in [0.05, 0.1) is 23.6 Å². The molecule has 0 fully saturated rings. The minimum atomic E-state index is -0.119. The monoisotopic (exact) mass is 377 g/mol. The lowest BCUT2D eigenvalue weighted by atomic mass is 10.1. The highest BCUT2D eigenvalue weighted by Gasteiger charge is 2.15. The van der Waals surface area contributed by atoms with E-state index in [1.165, 1.54) is 11.8 Å². The summed E-state index contributed by atoms with van der Waals surface area (Å²) in [6, 6.07) is 9.02. The van der Waals surface area contributed by atoms with Crippen LogP contribution in [0.5, 0.6) is 0 Å².